The fourth-order valence-electron chi connectivity index (χ4n) is 2.70. The van der Waals surface area contributed by atoms with E-state index >= 15 is 0 Å². The number of halogens is 1. The summed E-state index contributed by atoms with van der Waals surface area (Å²) in [6.07, 6.45) is 3.57. The van der Waals surface area contributed by atoms with Crippen LogP contribution in [0, 0.1) is 11.8 Å². The molecule has 0 spiro atoms. The van der Waals surface area contributed by atoms with Gasteiger partial charge in [-0.3, -0.25) is 14.4 Å². The lowest BCUT2D eigenvalue weighted by Gasteiger charge is -2.20. The van der Waals surface area contributed by atoms with Gasteiger partial charge in [0.1, 0.15) is 17.3 Å². The third-order valence-electron chi connectivity index (χ3n) is 5.18. The molecule has 1 aromatic carbocycles. The van der Waals surface area contributed by atoms with Gasteiger partial charge < -0.3 is 4.74 Å². The molecule has 0 aliphatic heterocycles. The Morgan fingerprint density at radius 1 is 1.00 bits per heavy atom. The Kier molecular flexibility index (Phi) is 13.8. The summed E-state index contributed by atoms with van der Waals surface area (Å²) in [6.45, 7) is 15.3. The number of hydrogen-bond donors (Lipinski definition) is 0. The minimum absolute atomic E-state index is 0.0223. The second-order valence-corrected chi connectivity index (χ2v) is 8.90. The highest BCUT2D eigenvalue weighted by Crippen LogP contribution is 2.35. The van der Waals surface area contributed by atoms with Gasteiger partial charge in [0.15, 0.2) is 5.78 Å². The van der Waals surface area contributed by atoms with Gasteiger partial charge in [0.2, 0.25) is 0 Å². The molecule has 0 saturated heterocycles. The molecular weight excluding hydrogens is 444 g/mol. The van der Waals surface area contributed by atoms with Crippen LogP contribution in [0.25, 0.3) is 0 Å². The maximum Gasteiger partial charge on any atom is 0.169 e. The molecule has 0 saturated carbocycles. The number of Topliss-reactive ketones (excluding diaryl/α,β-unsaturated/α-hetero) is 3. The first-order valence-electron chi connectivity index (χ1n) is 11.0. The van der Waals surface area contributed by atoms with E-state index in [4.69, 9.17) is 4.74 Å². The van der Waals surface area contributed by atoms with E-state index < -0.39 is 0 Å². The first-order chi connectivity index (χ1) is 14.0. The van der Waals surface area contributed by atoms with Gasteiger partial charge in [-0.25, -0.2) is 0 Å². The van der Waals surface area contributed by atoms with Gasteiger partial charge >= 0.3 is 0 Å². The van der Waals surface area contributed by atoms with Crippen LogP contribution in [0.5, 0.6) is 5.75 Å². The van der Waals surface area contributed by atoms with Crippen LogP contribution in [-0.4, -0.2) is 23.5 Å². The Morgan fingerprint density at radius 2 is 1.60 bits per heavy atom. The van der Waals surface area contributed by atoms with E-state index in [2.05, 4.69) is 22.9 Å². The molecule has 0 aromatic heterocycles. The number of rotatable bonds is 11. The summed E-state index contributed by atoms with van der Waals surface area (Å²) in [5.41, 5.74) is 1.81. The molecule has 0 bridgehead atoms. The molecule has 4 nitrogen and oxygen atoms in total. The first-order valence-corrected chi connectivity index (χ1v) is 11.8. The molecule has 0 radical (unpaired) electrons. The van der Waals surface area contributed by atoms with Crippen LogP contribution in [0.15, 0.2) is 16.6 Å². The minimum atomic E-state index is 0.0223. The third-order valence-corrected chi connectivity index (χ3v) is 5.81. The van der Waals surface area contributed by atoms with E-state index in [1.54, 1.807) is 6.92 Å². The number of hydrogen-bond acceptors (Lipinski definition) is 4. The van der Waals surface area contributed by atoms with E-state index in [0.717, 1.165) is 28.4 Å². The van der Waals surface area contributed by atoms with Gasteiger partial charge in [-0.2, -0.15) is 0 Å². The van der Waals surface area contributed by atoms with Crippen molar-refractivity contribution in [3.05, 3.63) is 27.7 Å². The summed E-state index contributed by atoms with van der Waals surface area (Å²) < 4.78 is 6.72. The van der Waals surface area contributed by atoms with Gasteiger partial charge in [0, 0.05) is 24.7 Å². The Bertz CT molecular complexity index is 709. The zero-order valence-electron chi connectivity index (χ0n) is 19.9. The zero-order valence-corrected chi connectivity index (χ0v) is 21.5. The average Bonchev–Trinajstić information content (AvgIpc) is 2.71. The van der Waals surface area contributed by atoms with Gasteiger partial charge in [-0.15, -0.1) is 0 Å². The van der Waals surface area contributed by atoms with Gasteiger partial charge in [-0.1, -0.05) is 40.7 Å². The van der Waals surface area contributed by atoms with Crippen LogP contribution in [0.2, 0.25) is 0 Å². The molecule has 0 fully saturated rings. The standard InChI is InChI=1S/C16H23BrO2.C9H16O2/c1-6-11(5)15(18)14-12(7-2)8-9-13(17)16(14)19-10(3)4;1-4-9(11)6-5-7(2)8(3)10/h8-11H,6-7H2,1-5H3;7H,4-6H2,1-3H3. The fourth-order valence-corrected chi connectivity index (χ4v) is 3.13. The van der Waals surface area contributed by atoms with Crippen LogP contribution in [-0.2, 0) is 16.0 Å². The number of ketones is 3. The molecule has 0 aliphatic rings. The molecule has 0 heterocycles. The third kappa shape index (κ3) is 9.55. The number of aryl methyl sites for hydroxylation is 1. The van der Waals surface area contributed by atoms with Crippen molar-refractivity contribution in [2.75, 3.05) is 0 Å². The molecule has 1 aromatic rings. The predicted molar refractivity (Wildman–Crippen MR) is 127 cm³/mol. The smallest absolute Gasteiger partial charge is 0.169 e. The van der Waals surface area contributed by atoms with E-state index in [1.165, 1.54) is 0 Å². The van der Waals surface area contributed by atoms with E-state index in [1.807, 2.05) is 53.7 Å². The van der Waals surface area contributed by atoms with Gasteiger partial charge in [0.25, 0.3) is 0 Å². The molecular formula is C25H39BrO4. The van der Waals surface area contributed by atoms with Gasteiger partial charge in [-0.05, 0) is 67.6 Å². The van der Waals surface area contributed by atoms with E-state index in [9.17, 15) is 14.4 Å². The predicted octanol–water partition coefficient (Wildman–Crippen LogP) is 7.00. The Morgan fingerprint density at radius 3 is 2.03 bits per heavy atom. The lowest BCUT2D eigenvalue weighted by Crippen LogP contribution is -2.17. The minimum Gasteiger partial charge on any atom is -0.489 e. The van der Waals surface area contributed by atoms with Crippen LogP contribution in [0.3, 0.4) is 0 Å². The fraction of sp³-hybridized carbons (Fsp3) is 0.640. The van der Waals surface area contributed by atoms with Crippen LogP contribution < -0.4 is 4.74 Å². The molecule has 2 unspecified atom stereocenters. The summed E-state index contributed by atoms with van der Waals surface area (Å²) in [5, 5.41) is 0. The maximum atomic E-state index is 12.6. The number of ether oxygens (including phenoxy) is 1. The number of benzene rings is 1. The summed E-state index contributed by atoms with van der Waals surface area (Å²) in [7, 11) is 0. The number of carbonyl (C=O) groups excluding carboxylic acids is 3. The molecule has 0 aliphatic carbocycles. The molecule has 5 heteroatoms. The Balaban J connectivity index is 0.000000654. The van der Waals surface area contributed by atoms with Crippen molar-refractivity contribution >= 4 is 33.3 Å². The lowest BCUT2D eigenvalue weighted by atomic mass is 9.92. The molecule has 170 valence electrons. The second-order valence-electron chi connectivity index (χ2n) is 8.05. The first kappa shape index (κ1) is 28.5. The second kappa shape index (κ2) is 14.5. The Hall–Kier alpha value is -1.49. The molecule has 2 atom stereocenters. The normalized spacial score (nSPS) is 12.6. The lowest BCUT2D eigenvalue weighted by molar-refractivity contribution is -0.121. The monoisotopic (exact) mass is 482 g/mol. The van der Waals surface area contributed by atoms with Crippen molar-refractivity contribution in [2.24, 2.45) is 11.8 Å². The van der Waals surface area contributed by atoms with Crippen molar-refractivity contribution < 1.29 is 19.1 Å². The summed E-state index contributed by atoms with van der Waals surface area (Å²) >= 11 is 3.50. The molecule has 0 amide bonds. The van der Waals surface area contributed by atoms with Crippen molar-refractivity contribution in [2.45, 2.75) is 93.6 Å². The summed E-state index contributed by atoms with van der Waals surface area (Å²) in [6, 6.07) is 3.97. The summed E-state index contributed by atoms with van der Waals surface area (Å²) in [5.74, 6) is 1.36. The Labute approximate surface area is 191 Å². The maximum absolute atomic E-state index is 12.6. The SMILES string of the molecule is CCC(=O)CCC(C)C(C)=O.CCc1ccc(Br)c(OC(C)C)c1C(=O)C(C)CC. The highest BCUT2D eigenvalue weighted by Gasteiger charge is 2.23. The number of carbonyl (C=O) groups is 3. The van der Waals surface area contributed by atoms with E-state index in [-0.39, 0.29) is 35.3 Å². The molecule has 0 N–H and O–H groups in total. The van der Waals surface area contributed by atoms with Crippen molar-refractivity contribution in [1.29, 1.82) is 0 Å². The highest BCUT2D eigenvalue weighted by molar-refractivity contribution is 9.10. The molecule has 30 heavy (non-hydrogen) atoms. The van der Waals surface area contributed by atoms with E-state index in [0.29, 0.717) is 25.0 Å². The highest BCUT2D eigenvalue weighted by atomic mass is 79.9. The van der Waals surface area contributed by atoms with Crippen LogP contribution >= 0.6 is 15.9 Å². The van der Waals surface area contributed by atoms with Crippen molar-refractivity contribution in [3.63, 3.8) is 0 Å². The van der Waals surface area contributed by atoms with Crippen LogP contribution in [0.1, 0.15) is 97.0 Å². The largest absolute Gasteiger partial charge is 0.489 e. The quantitative estimate of drug-likeness (QED) is 0.318. The summed E-state index contributed by atoms with van der Waals surface area (Å²) in [4.78, 5) is 34.2. The molecule has 1 rings (SSSR count). The van der Waals surface area contributed by atoms with Crippen molar-refractivity contribution in [3.8, 4) is 5.75 Å². The average molecular weight is 483 g/mol. The topological polar surface area (TPSA) is 60.4 Å². The van der Waals surface area contributed by atoms with Gasteiger partial charge in [0.05, 0.1) is 16.1 Å². The van der Waals surface area contributed by atoms with Crippen LogP contribution in [0.4, 0.5) is 0 Å². The van der Waals surface area contributed by atoms with Crippen molar-refractivity contribution in [1.82, 2.24) is 0 Å². The zero-order chi connectivity index (χ0) is 23.4.